The molecule has 2 N–H and O–H groups in total. The van der Waals surface area contributed by atoms with Gasteiger partial charge in [0.2, 0.25) is 6.41 Å². The lowest BCUT2D eigenvalue weighted by Gasteiger charge is -2.20. The Hall–Kier alpha value is -1.75. The van der Waals surface area contributed by atoms with Gasteiger partial charge in [0.25, 0.3) is 0 Å². The van der Waals surface area contributed by atoms with E-state index in [2.05, 4.69) is 10.6 Å². The quantitative estimate of drug-likeness (QED) is 0.834. The van der Waals surface area contributed by atoms with Crippen LogP contribution in [-0.2, 0) is 9.53 Å². The first-order chi connectivity index (χ1) is 8.73. The number of carbonyl (C=O) groups is 2. The van der Waals surface area contributed by atoms with E-state index in [0.717, 1.165) is 0 Å². The molecule has 0 aliphatic carbocycles. The van der Waals surface area contributed by atoms with Crippen LogP contribution in [0.5, 0.6) is 0 Å². The van der Waals surface area contributed by atoms with Gasteiger partial charge in [-0.25, -0.2) is 4.79 Å². The van der Waals surface area contributed by atoms with E-state index in [1.807, 2.05) is 0 Å². The van der Waals surface area contributed by atoms with Crippen molar-refractivity contribution in [1.29, 1.82) is 0 Å². The third-order valence-electron chi connectivity index (χ3n) is 2.21. The second kappa shape index (κ2) is 5.93. The lowest BCUT2D eigenvalue weighted by Crippen LogP contribution is -2.27. The van der Waals surface area contributed by atoms with Gasteiger partial charge >= 0.3 is 6.09 Å². The Morgan fingerprint density at radius 1 is 1.37 bits per heavy atom. The monoisotopic (exact) mass is 284 g/mol. The fraction of sp³-hybridized carbons (Fsp3) is 0.385. The molecule has 0 saturated carbocycles. The topological polar surface area (TPSA) is 67.4 Å². The fourth-order valence-electron chi connectivity index (χ4n) is 1.37. The van der Waals surface area contributed by atoms with Crippen molar-refractivity contribution in [2.24, 2.45) is 0 Å². The van der Waals surface area contributed by atoms with Gasteiger partial charge in [0.15, 0.2) is 0 Å². The molecule has 0 radical (unpaired) electrons. The zero-order valence-corrected chi connectivity index (χ0v) is 12.1. The molecule has 1 aromatic carbocycles. The molecule has 0 saturated heterocycles. The summed E-state index contributed by atoms with van der Waals surface area (Å²) in [7, 11) is 0. The van der Waals surface area contributed by atoms with Gasteiger partial charge < -0.3 is 10.1 Å². The molecule has 0 aliphatic heterocycles. The normalized spacial score (nSPS) is 10.8. The number of halogens is 1. The summed E-state index contributed by atoms with van der Waals surface area (Å²) in [4.78, 5) is 22.1. The van der Waals surface area contributed by atoms with E-state index in [0.29, 0.717) is 28.4 Å². The number of ether oxygens (including phenoxy) is 1. The maximum atomic E-state index is 11.7. The maximum Gasteiger partial charge on any atom is 0.412 e. The number of benzene rings is 1. The van der Waals surface area contributed by atoms with Gasteiger partial charge in [-0.05, 0) is 45.4 Å². The first-order valence-electron chi connectivity index (χ1n) is 5.73. The third-order valence-corrected chi connectivity index (χ3v) is 2.60. The van der Waals surface area contributed by atoms with E-state index in [4.69, 9.17) is 16.3 Å². The van der Waals surface area contributed by atoms with Crippen LogP contribution in [0.4, 0.5) is 16.2 Å². The van der Waals surface area contributed by atoms with E-state index in [1.54, 1.807) is 39.8 Å². The van der Waals surface area contributed by atoms with Crippen molar-refractivity contribution in [3.05, 3.63) is 22.7 Å². The second-order valence-electron chi connectivity index (χ2n) is 5.02. The van der Waals surface area contributed by atoms with Crippen molar-refractivity contribution in [2.45, 2.75) is 33.3 Å². The number of hydrogen-bond donors (Lipinski definition) is 2. The molecule has 0 spiro atoms. The number of amides is 2. The minimum absolute atomic E-state index is 0.443. The molecular formula is C13H17ClN2O3. The molecular weight excluding hydrogens is 268 g/mol. The van der Waals surface area contributed by atoms with Gasteiger partial charge in [0.1, 0.15) is 5.60 Å². The Morgan fingerprint density at radius 3 is 2.53 bits per heavy atom. The van der Waals surface area contributed by atoms with E-state index < -0.39 is 11.7 Å². The van der Waals surface area contributed by atoms with Crippen LogP contribution in [-0.4, -0.2) is 18.1 Å². The summed E-state index contributed by atoms with van der Waals surface area (Å²) in [6.07, 6.45) is -0.0342. The lowest BCUT2D eigenvalue weighted by atomic mass is 10.1. The van der Waals surface area contributed by atoms with Crippen LogP contribution in [0.25, 0.3) is 0 Å². The van der Waals surface area contributed by atoms with E-state index in [1.165, 1.54) is 0 Å². The number of anilines is 2. The Labute approximate surface area is 117 Å². The molecule has 0 fully saturated rings. The van der Waals surface area contributed by atoms with Gasteiger partial charge in [-0.15, -0.1) is 0 Å². The maximum absolute atomic E-state index is 11.7. The highest BCUT2D eigenvalue weighted by Gasteiger charge is 2.17. The lowest BCUT2D eigenvalue weighted by molar-refractivity contribution is -0.105. The zero-order valence-electron chi connectivity index (χ0n) is 11.3. The SMILES string of the molecule is Cc1c(Cl)cc(NC=O)cc1NC(=O)OC(C)(C)C. The van der Waals surface area contributed by atoms with Gasteiger partial charge in [-0.3, -0.25) is 10.1 Å². The largest absolute Gasteiger partial charge is 0.444 e. The molecule has 19 heavy (non-hydrogen) atoms. The van der Waals surface area contributed by atoms with Crippen LogP contribution < -0.4 is 10.6 Å². The Balaban J connectivity index is 2.93. The van der Waals surface area contributed by atoms with Gasteiger partial charge in [0.05, 0.1) is 5.69 Å². The van der Waals surface area contributed by atoms with Crippen LogP contribution in [0.3, 0.4) is 0 Å². The number of hydrogen-bond acceptors (Lipinski definition) is 3. The Bertz CT molecular complexity index is 495. The third kappa shape index (κ3) is 4.79. The first-order valence-corrected chi connectivity index (χ1v) is 6.11. The molecule has 0 unspecified atom stereocenters. The van der Waals surface area contributed by atoms with Gasteiger partial charge in [-0.2, -0.15) is 0 Å². The highest BCUT2D eigenvalue weighted by Crippen LogP contribution is 2.28. The molecule has 0 heterocycles. The van der Waals surface area contributed by atoms with Crippen molar-refractivity contribution >= 4 is 35.5 Å². The highest BCUT2D eigenvalue weighted by molar-refractivity contribution is 6.32. The summed E-state index contributed by atoms with van der Waals surface area (Å²) in [5.41, 5.74) is 1.10. The average Bonchev–Trinajstić information content (AvgIpc) is 2.23. The fourth-order valence-corrected chi connectivity index (χ4v) is 1.59. The smallest absolute Gasteiger partial charge is 0.412 e. The molecule has 5 nitrogen and oxygen atoms in total. The predicted octanol–water partition coefficient (Wildman–Crippen LogP) is 3.56. The molecule has 2 amide bonds. The molecule has 0 atom stereocenters. The van der Waals surface area contributed by atoms with E-state index in [9.17, 15) is 9.59 Å². The van der Waals surface area contributed by atoms with E-state index >= 15 is 0 Å². The van der Waals surface area contributed by atoms with Crippen molar-refractivity contribution in [3.63, 3.8) is 0 Å². The van der Waals surface area contributed by atoms with E-state index in [-0.39, 0.29) is 0 Å². The second-order valence-corrected chi connectivity index (χ2v) is 5.43. The summed E-state index contributed by atoms with van der Waals surface area (Å²) in [5.74, 6) is 0. The number of rotatable bonds is 3. The predicted molar refractivity (Wildman–Crippen MR) is 75.7 cm³/mol. The molecule has 1 rings (SSSR count). The first kappa shape index (κ1) is 15.3. The van der Waals surface area contributed by atoms with Gasteiger partial charge in [-0.1, -0.05) is 11.6 Å². The molecule has 0 aliphatic rings. The van der Waals surface area contributed by atoms with Crippen LogP contribution in [0.1, 0.15) is 26.3 Å². The summed E-state index contributed by atoms with van der Waals surface area (Å²) in [6.45, 7) is 7.09. The molecule has 0 aromatic heterocycles. The van der Waals surface area contributed by atoms with Crippen LogP contribution >= 0.6 is 11.6 Å². The van der Waals surface area contributed by atoms with Crippen LogP contribution in [0, 0.1) is 6.92 Å². The van der Waals surface area contributed by atoms with Gasteiger partial charge in [0, 0.05) is 10.7 Å². The average molecular weight is 285 g/mol. The molecule has 1 aromatic rings. The molecule has 104 valence electrons. The highest BCUT2D eigenvalue weighted by atomic mass is 35.5. The van der Waals surface area contributed by atoms with Crippen LogP contribution in [0.2, 0.25) is 5.02 Å². The summed E-state index contributed by atoms with van der Waals surface area (Å²) in [6, 6.07) is 3.21. The minimum Gasteiger partial charge on any atom is -0.444 e. The Kier molecular flexibility index (Phi) is 4.78. The van der Waals surface area contributed by atoms with Crippen molar-refractivity contribution in [1.82, 2.24) is 0 Å². The van der Waals surface area contributed by atoms with Crippen LogP contribution in [0.15, 0.2) is 12.1 Å². The van der Waals surface area contributed by atoms with Crippen molar-refractivity contribution in [2.75, 3.05) is 10.6 Å². The minimum atomic E-state index is -0.583. The molecule has 0 bridgehead atoms. The standard InChI is InChI=1S/C13H17ClN2O3/c1-8-10(14)5-9(15-7-17)6-11(8)16-12(18)19-13(2,3)4/h5-7H,1-4H3,(H,15,17)(H,16,18). The number of carbonyl (C=O) groups excluding carboxylic acids is 2. The Morgan fingerprint density at radius 2 is 2.00 bits per heavy atom. The molecule has 6 heteroatoms. The summed E-state index contributed by atoms with van der Waals surface area (Å²) in [5, 5.41) is 5.53. The summed E-state index contributed by atoms with van der Waals surface area (Å²) < 4.78 is 5.15. The number of nitrogens with one attached hydrogen (secondary N) is 2. The zero-order chi connectivity index (χ0) is 14.6. The van der Waals surface area contributed by atoms with Crippen molar-refractivity contribution in [3.8, 4) is 0 Å². The van der Waals surface area contributed by atoms with Crippen molar-refractivity contribution < 1.29 is 14.3 Å². The summed E-state index contributed by atoms with van der Waals surface area (Å²) >= 11 is 6.02.